The van der Waals surface area contributed by atoms with E-state index in [1.165, 1.54) is 38.8 Å². The lowest BCUT2D eigenvalue weighted by Gasteiger charge is -2.12. The van der Waals surface area contributed by atoms with Crippen LogP contribution in [-0.4, -0.2) is 7.85 Å². The molecule has 0 aliphatic heterocycles. The summed E-state index contributed by atoms with van der Waals surface area (Å²) in [6.45, 7) is 4.38. The molecule has 0 radical (unpaired) electrons. The summed E-state index contributed by atoms with van der Waals surface area (Å²) < 4.78 is 0. The van der Waals surface area contributed by atoms with Crippen LogP contribution in [0.15, 0.2) is 66.7 Å². The Labute approximate surface area is 127 Å². The van der Waals surface area contributed by atoms with Gasteiger partial charge >= 0.3 is 0 Å². The van der Waals surface area contributed by atoms with E-state index < -0.39 is 0 Å². The van der Waals surface area contributed by atoms with E-state index >= 15 is 0 Å². The first kappa shape index (κ1) is 13.7. The molecule has 21 heavy (non-hydrogen) atoms. The van der Waals surface area contributed by atoms with E-state index in [-0.39, 0.29) is 0 Å². The fourth-order valence-corrected chi connectivity index (χ4v) is 2.89. The van der Waals surface area contributed by atoms with Gasteiger partial charge in [-0.3, -0.25) is 0 Å². The lowest BCUT2D eigenvalue weighted by molar-refractivity contribution is 1.41. The van der Waals surface area contributed by atoms with Crippen molar-refractivity contribution in [1.29, 1.82) is 0 Å². The van der Waals surface area contributed by atoms with E-state index in [4.69, 9.17) is 0 Å². The zero-order valence-electron chi connectivity index (χ0n) is 12.9. The van der Waals surface area contributed by atoms with Gasteiger partial charge in [-0.15, -0.1) is 0 Å². The summed E-state index contributed by atoms with van der Waals surface area (Å²) >= 11 is 0. The van der Waals surface area contributed by atoms with Gasteiger partial charge in [-0.05, 0) is 47.2 Å². The minimum Gasteiger partial charge on any atom is -0.0887 e. The zero-order chi connectivity index (χ0) is 14.8. The lowest BCUT2D eigenvalue weighted by Crippen LogP contribution is -2.02. The van der Waals surface area contributed by atoms with Gasteiger partial charge in [0.1, 0.15) is 7.85 Å². The monoisotopic (exact) mass is 270 g/mol. The Morgan fingerprint density at radius 1 is 0.619 bits per heavy atom. The molecular weight excluding hydrogens is 251 g/mol. The third kappa shape index (κ3) is 2.78. The molecule has 3 aromatic carbocycles. The van der Waals surface area contributed by atoms with Gasteiger partial charge in [0, 0.05) is 0 Å². The Bertz CT molecular complexity index is 773. The molecule has 0 fully saturated rings. The van der Waals surface area contributed by atoms with Crippen LogP contribution in [0.25, 0.3) is 22.3 Å². The number of benzene rings is 3. The summed E-state index contributed by atoms with van der Waals surface area (Å²) in [7, 11) is 2.14. The minimum absolute atomic E-state index is 1.27. The summed E-state index contributed by atoms with van der Waals surface area (Å²) in [4.78, 5) is 0. The number of hydrogen-bond donors (Lipinski definition) is 0. The van der Waals surface area contributed by atoms with E-state index in [1.807, 2.05) is 0 Å². The fourth-order valence-electron chi connectivity index (χ4n) is 2.89. The van der Waals surface area contributed by atoms with Crippen molar-refractivity contribution in [2.75, 3.05) is 0 Å². The van der Waals surface area contributed by atoms with Crippen molar-refractivity contribution in [2.24, 2.45) is 0 Å². The van der Waals surface area contributed by atoms with Crippen LogP contribution in [0.5, 0.6) is 0 Å². The highest BCUT2D eigenvalue weighted by molar-refractivity contribution is 6.32. The predicted molar refractivity (Wildman–Crippen MR) is 95.0 cm³/mol. The Morgan fingerprint density at radius 2 is 1.24 bits per heavy atom. The van der Waals surface area contributed by atoms with Gasteiger partial charge in [-0.2, -0.15) is 0 Å². The molecule has 102 valence electrons. The van der Waals surface area contributed by atoms with Crippen LogP contribution < -0.4 is 5.46 Å². The molecule has 0 N–H and O–H groups in total. The van der Waals surface area contributed by atoms with Crippen LogP contribution in [0.1, 0.15) is 11.1 Å². The molecule has 0 saturated carbocycles. The van der Waals surface area contributed by atoms with Crippen molar-refractivity contribution in [2.45, 2.75) is 13.8 Å². The van der Waals surface area contributed by atoms with E-state index in [2.05, 4.69) is 88.4 Å². The molecule has 0 saturated heterocycles. The molecular formula is C20H19B. The summed E-state index contributed by atoms with van der Waals surface area (Å²) in [5.41, 5.74) is 9.18. The highest BCUT2D eigenvalue weighted by Gasteiger charge is 2.07. The van der Waals surface area contributed by atoms with E-state index in [9.17, 15) is 0 Å². The van der Waals surface area contributed by atoms with Crippen LogP contribution >= 0.6 is 0 Å². The maximum absolute atomic E-state index is 2.28. The second kappa shape index (κ2) is 5.61. The van der Waals surface area contributed by atoms with Crippen LogP contribution in [0.4, 0.5) is 0 Å². The quantitative estimate of drug-likeness (QED) is 0.620. The first-order chi connectivity index (χ1) is 10.1. The van der Waals surface area contributed by atoms with Gasteiger partial charge in [0.25, 0.3) is 0 Å². The average Bonchev–Trinajstić information content (AvgIpc) is 2.49. The summed E-state index contributed by atoms with van der Waals surface area (Å²) in [6, 6.07) is 24.0. The van der Waals surface area contributed by atoms with Crippen LogP contribution in [0, 0.1) is 13.8 Å². The largest absolute Gasteiger partial charge is 0.139 e. The summed E-state index contributed by atoms with van der Waals surface area (Å²) in [6.07, 6.45) is 0. The number of hydrogen-bond acceptors (Lipinski definition) is 0. The standard InChI is InChI=1S/C20H19B/c1-14-12-17(16-6-4-3-5-7-16)8-10-19(14)20-11-9-18(21)13-15(20)2/h3-13H,21H2,1-2H3. The topological polar surface area (TPSA) is 0 Å². The van der Waals surface area contributed by atoms with Crippen molar-refractivity contribution >= 4 is 13.3 Å². The molecule has 0 aliphatic carbocycles. The van der Waals surface area contributed by atoms with Gasteiger partial charge in [0.15, 0.2) is 0 Å². The van der Waals surface area contributed by atoms with Crippen LogP contribution in [0.2, 0.25) is 0 Å². The molecule has 0 amide bonds. The predicted octanol–water partition coefficient (Wildman–Crippen LogP) is 3.90. The van der Waals surface area contributed by atoms with Crippen LogP contribution in [-0.2, 0) is 0 Å². The van der Waals surface area contributed by atoms with E-state index in [0.29, 0.717) is 0 Å². The molecule has 1 heteroatoms. The van der Waals surface area contributed by atoms with Gasteiger partial charge in [-0.25, -0.2) is 0 Å². The lowest BCUT2D eigenvalue weighted by atomic mass is 9.88. The second-order valence-corrected chi connectivity index (χ2v) is 5.71. The SMILES string of the molecule is Bc1ccc(-c2ccc(-c3ccccc3)cc2C)c(C)c1. The fraction of sp³-hybridized carbons (Fsp3) is 0.100. The molecule has 0 heterocycles. The Kier molecular flexibility index (Phi) is 3.66. The summed E-state index contributed by atoms with van der Waals surface area (Å²) in [5.74, 6) is 0. The van der Waals surface area contributed by atoms with Gasteiger partial charge in [0.05, 0.1) is 0 Å². The van der Waals surface area contributed by atoms with E-state index in [0.717, 1.165) is 0 Å². The molecule has 0 nitrogen and oxygen atoms in total. The molecule has 0 spiro atoms. The zero-order valence-corrected chi connectivity index (χ0v) is 12.9. The molecule has 0 bridgehead atoms. The molecule has 0 atom stereocenters. The highest BCUT2D eigenvalue weighted by atomic mass is 14.1. The number of aryl methyl sites for hydroxylation is 2. The van der Waals surface area contributed by atoms with Crippen LogP contribution in [0.3, 0.4) is 0 Å². The molecule has 3 rings (SSSR count). The summed E-state index contributed by atoms with van der Waals surface area (Å²) in [5, 5.41) is 0. The van der Waals surface area contributed by atoms with Gasteiger partial charge in [-0.1, -0.05) is 72.2 Å². The molecule has 0 unspecified atom stereocenters. The van der Waals surface area contributed by atoms with Crippen molar-refractivity contribution in [1.82, 2.24) is 0 Å². The smallest absolute Gasteiger partial charge is 0.0887 e. The van der Waals surface area contributed by atoms with Crippen molar-refractivity contribution in [3.05, 3.63) is 77.9 Å². The van der Waals surface area contributed by atoms with Crippen molar-refractivity contribution in [3.8, 4) is 22.3 Å². The molecule has 0 aliphatic rings. The maximum Gasteiger partial charge on any atom is 0.139 e. The third-order valence-electron chi connectivity index (χ3n) is 4.01. The highest BCUT2D eigenvalue weighted by Crippen LogP contribution is 2.29. The van der Waals surface area contributed by atoms with Crippen molar-refractivity contribution in [3.63, 3.8) is 0 Å². The van der Waals surface area contributed by atoms with Gasteiger partial charge in [0.2, 0.25) is 0 Å². The maximum atomic E-state index is 2.28. The second-order valence-electron chi connectivity index (χ2n) is 5.71. The Balaban J connectivity index is 2.06. The first-order valence-electron chi connectivity index (χ1n) is 7.39. The van der Waals surface area contributed by atoms with Gasteiger partial charge < -0.3 is 0 Å². The number of rotatable bonds is 2. The average molecular weight is 270 g/mol. The minimum atomic E-state index is 1.27. The Morgan fingerprint density at radius 3 is 1.86 bits per heavy atom. The normalized spacial score (nSPS) is 10.6. The molecule has 0 aromatic heterocycles. The first-order valence-corrected chi connectivity index (χ1v) is 7.39. The molecule has 3 aromatic rings. The van der Waals surface area contributed by atoms with E-state index in [1.54, 1.807) is 0 Å². The van der Waals surface area contributed by atoms with Crippen molar-refractivity contribution < 1.29 is 0 Å². The third-order valence-corrected chi connectivity index (χ3v) is 4.01. The Hall–Kier alpha value is -2.28.